The molecule has 1 atom stereocenters. The molecule has 2 rings (SSSR count). The molecule has 1 aliphatic heterocycles. The third-order valence-corrected chi connectivity index (χ3v) is 4.91. The molecule has 0 aliphatic carbocycles. The second-order valence-electron chi connectivity index (χ2n) is 4.36. The second kappa shape index (κ2) is 4.82. The fraction of sp³-hybridized carbons (Fsp3) is 0.545. The van der Waals surface area contributed by atoms with Crippen LogP contribution >= 0.6 is 11.6 Å². The maximum Gasteiger partial charge on any atom is 0.152 e. The monoisotopic (exact) mass is 274 g/mol. The highest BCUT2D eigenvalue weighted by atomic mass is 35.5. The number of hydrogen-bond acceptors (Lipinski definition) is 4. The average Bonchev–Trinajstić information content (AvgIpc) is 2.21. The van der Waals surface area contributed by atoms with E-state index in [4.69, 9.17) is 11.6 Å². The summed E-state index contributed by atoms with van der Waals surface area (Å²) in [6, 6.07) is 3.52. The van der Waals surface area contributed by atoms with Gasteiger partial charge in [0.05, 0.1) is 22.9 Å². The van der Waals surface area contributed by atoms with Crippen molar-refractivity contribution in [2.45, 2.75) is 25.8 Å². The lowest BCUT2D eigenvalue weighted by atomic mass is 10.1. The number of nitrogens with one attached hydrogen (secondary N) is 1. The molecule has 1 saturated heterocycles. The zero-order valence-electron chi connectivity index (χ0n) is 9.61. The summed E-state index contributed by atoms with van der Waals surface area (Å²) < 4.78 is 23.0. The Bertz CT molecular complexity index is 516. The molecule has 2 heterocycles. The molecule has 0 spiro atoms. The van der Waals surface area contributed by atoms with Crippen molar-refractivity contribution in [3.05, 3.63) is 23.0 Å². The van der Waals surface area contributed by atoms with Crippen LogP contribution in [-0.2, 0) is 9.84 Å². The van der Waals surface area contributed by atoms with Gasteiger partial charge in [-0.2, -0.15) is 0 Å². The smallest absolute Gasteiger partial charge is 0.152 e. The lowest BCUT2D eigenvalue weighted by molar-refractivity contribution is 0.562. The summed E-state index contributed by atoms with van der Waals surface area (Å²) in [5.74, 6) is 0.512. The molecule has 1 unspecified atom stereocenters. The highest BCUT2D eigenvalue weighted by Crippen LogP contribution is 2.20. The van der Waals surface area contributed by atoms with Crippen LogP contribution in [0.1, 0.15) is 18.5 Å². The van der Waals surface area contributed by atoms with E-state index < -0.39 is 9.84 Å². The third-order valence-electron chi connectivity index (χ3n) is 2.87. The molecule has 94 valence electrons. The molecule has 1 aromatic heterocycles. The van der Waals surface area contributed by atoms with Gasteiger partial charge in [-0.15, -0.1) is 0 Å². The first-order valence-corrected chi connectivity index (χ1v) is 7.76. The number of halogens is 1. The number of rotatable bonds is 2. The first kappa shape index (κ1) is 12.6. The van der Waals surface area contributed by atoms with Crippen LogP contribution < -0.4 is 5.32 Å². The van der Waals surface area contributed by atoms with Crippen LogP contribution in [0.15, 0.2) is 12.1 Å². The molecule has 1 fully saturated rings. The maximum atomic E-state index is 11.5. The summed E-state index contributed by atoms with van der Waals surface area (Å²) in [4.78, 5) is 4.13. The van der Waals surface area contributed by atoms with Crippen molar-refractivity contribution in [3.8, 4) is 0 Å². The van der Waals surface area contributed by atoms with Gasteiger partial charge in [0.25, 0.3) is 0 Å². The summed E-state index contributed by atoms with van der Waals surface area (Å²) in [7, 11) is -2.88. The SMILES string of the molecule is Cc1nc(Cl)ccc1NC1CCCS(=O)(=O)C1. The number of aryl methyl sites for hydroxylation is 1. The quantitative estimate of drug-likeness (QED) is 0.839. The largest absolute Gasteiger partial charge is 0.380 e. The van der Waals surface area contributed by atoms with Crippen LogP contribution in [0.4, 0.5) is 5.69 Å². The lowest BCUT2D eigenvalue weighted by Gasteiger charge is -2.24. The number of pyridine rings is 1. The van der Waals surface area contributed by atoms with Crippen LogP contribution in [0.25, 0.3) is 0 Å². The van der Waals surface area contributed by atoms with Gasteiger partial charge in [-0.05, 0) is 31.9 Å². The Morgan fingerprint density at radius 1 is 1.47 bits per heavy atom. The van der Waals surface area contributed by atoms with Gasteiger partial charge in [-0.25, -0.2) is 13.4 Å². The van der Waals surface area contributed by atoms with Crippen LogP contribution in [-0.4, -0.2) is 30.9 Å². The summed E-state index contributed by atoms with van der Waals surface area (Å²) in [6.07, 6.45) is 1.60. The molecule has 0 aromatic carbocycles. The average molecular weight is 275 g/mol. The Kier molecular flexibility index (Phi) is 3.58. The van der Waals surface area contributed by atoms with Crippen LogP contribution in [0.5, 0.6) is 0 Å². The molecule has 0 amide bonds. The minimum Gasteiger partial charge on any atom is -0.380 e. The third kappa shape index (κ3) is 3.33. The zero-order valence-corrected chi connectivity index (χ0v) is 11.2. The van der Waals surface area contributed by atoms with E-state index >= 15 is 0 Å². The molecule has 4 nitrogen and oxygen atoms in total. The number of sulfone groups is 1. The summed E-state index contributed by atoms with van der Waals surface area (Å²) in [5, 5.41) is 3.68. The topological polar surface area (TPSA) is 59.1 Å². The fourth-order valence-electron chi connectivity index (χ4n) is 2.04. The second-order valence-corrected chi connectivity index (χ2v) is 6.98. The number of hydrogen-bond donors (Lipinski definition) is 1. The first-order chi connectivity index (χ1) is 7.96. The minimum atomic E-state index is -2.88. The van der Waals surface area contributed by atoms with Crippen molar-refractivity contribution in [1.82, 2.24) is 4.98 Å². The van der Waals surface area contributed by atoms with E-state index in [-0.39, 0.29) is 11.8 Å². The van der Waals surface area contributed by atoms with Crippen LogP contribution in [0.2, 0.25) is 5.15 Å². The predicted molar refractivity (Wildman–Crippen MR) is 69.3 cm³/mol. The highest BCUT2D eigenvalue weighted by Gasteiger charge is 2.24. The van der Waals surface area contributed by atoms with Crippen molar-refractivity contribution in [3.63, 3.8) is 0 Å². The Morgan fingerprint density at radius 3 is 2.88 bits per heavy atom. The van der Waals surface area contributed by atoms with E-state index in [1.807, 2.05) is 13.0 Å². The maximum absolute atomic E-state index is 11.5. The molecular weight excluding hydrogens is 260 g/mol. The number of anilines is 1. The molecule has 0 saturated carbocycles. The Labute approximate surface area is 106 Å². The van der Waals surface area contributed by atoms with Gasteiger partial charge in [0.15, 0.2) is 9.84 Å². The predicted octanol–water partition coefficient (Wildman–Crippen LogP) is 2.03. The van der Waals surface area contributed by atoms with Gasteiger partial charge in [-0.1, -0.05) is 11.6 Å². The van der Waals surface area contributed by atoms with E-state index in [1.165, 1.54) is 0 Å². The standard InChI is InChI=1S/C11H15ClN2O2S/c1-8-10(4-5-11(12)13-8)14-9-3-2-6-17(15,16)7-9/h4-5,9,14H,2-3,6-7H2,1H3. The van der Waals surface area contributed by atoms with Gasteiger partial charge in [-0.3, -0.25) is 0 Å². The van der Waals surface area contributed by atoms with Gasteiger partial charge >= 0.3 is 0 Å². The summed E-state index contributed by atoms with van der Waals surface area (Å²) in [5.41, 5.74) is 1.65. The van der Waals surface area contributed by atoms with Gasteiger partial charge in [0, 0.05) is 6.04 Å². The van der Waals surface area contributed by atoms with E-state index in [0.29, 0.717) is 10.9 Å². The van der Waals surface area contributed by atoms with E-state index in [2.05, 4.69) is 10.3 Å². The highest BCUT2D eigenvalue weighted by molar-refractivity contribution is 7.91. The normalized spacial score (nSPS) is 23.3. The van der Waals surface area contributed by atoms with E-state index in [1.54, 1.807) is 6.07 Å². The number of aromatic nitrogens is 1. The van der Waals surface area contributed by atoms with Crippen molar-refractivity contribution < 1.29 is 8.42 Å². The molecular formula is C11H15ClN2O2S. The fourth-order valence-corrected chi connectivity index (χ4v) is 3.87. The van der Waals surface area contributed by atoms with E-state index in [9.17, 15) is 8.42 Å². The molecule has 0 radical (unpaired) electrons. The lowest BCUT2D eigenvalue weighted by Crippen LogP contribution is -2.35. The zero-order chi connectivity index (χ0) is 12.5. The Morgan fingerprint density at radius 2 is 2.24 bits per heavy atom. The Balaban J connectivity index is 2.10. The molecule has 1 aliphatic rings. The van der Waals surface area contributed by atoms with Crippen molar-refractivity contribution in [2.24, 2.45) is 0 Å². The van der Waals surface area contributed by atoms with Crippen LogP contribution in [0.3, 0.4) is 0 Å². The minimum absolute atomic E-state index is 0.0181. The molecule has 6 heteroatoms. The van der Waals surface area contributed by atoms with Crippen molar-refractivity contribution >= 4 is 27.1 Å². The summed E-state index contributed by atoms with van der Waals surface area (Å²) in [6.45, 7) is 1.85. The van der Waals surface area contributed by atoms with Crippen LogP contribution in [0, 0.1) is 6.92 Å². The van der Waals surface area contributed by atoms with Gasteiger partial charge in [0.1, 0.15) is 5.15 Å². The van der Waals surface area contributed by atoms with Crippen molar-refractivity contribution in [2.75, 3.05) is 16.8 Å². The molecule has 1 N–H and O–H groups in total. The Hall–Kier alpha value is -0.810. The number of nitrogens with zero attached hydrogens (tertiary/aromatic N) is 1. The summed E-state index contributed by atoms with van der Waals surface area (Å²) >= 11 is 5.77. The first-order valence-electron chi connectivity index (χ1n) is 5.56. The van der Waals surface area contributed by atoms with E-state index in [0.717, 1.165) is 24.2 Å². The molecule has 0 bridgehead atoms. The molecule has 17 heavy (non-hydrogen) atoms. The van der Waals surface area contributed by atoms with Crippen molar-refractivity contribution in [1.29, 1.82) is 0 Å². The van der Waals surface area contributed by atoms with Gasteiger partial charge in [0.2, 0.25) is 0 Å². The molecule has 1 aromatic rings. The van der Waals surface area contributed by atoms with Gasteiger partial charge < -0.3 is 5.32 Å².